The largest absolute Gasteiger partial charge is 0.298 e. The summed E-state index contributed by atoms with van der Waals surface area (Å²) in [4.78, 5) is 26.6. The number of benzene rings is 2. The lowest BCUT2D eigenvalue weighted by molar-refractivity contribution is -0.384. The highest BCUT2D eigenvalue weighted by Gasteiger charge is 2.21. The summed E-state index contributed by atoms with van der Waals surface area (Å²) in [6.45, 7) is 1.62. The topological polar surface area (TPSA) is 78.0 Å². The van der Waals surface area contributed by atoms with Crippen molar-refractivity contribution < 1.29 is 9.31 Å². The number of hydrogen-bond donors (Lipinski definition) is 0. The van der Waals surface area contributed by atoms with Gasteiger partial charge in [0.2, 0.25) is 0 Å². The minimum Gasteiger partial charge on any atom is -0.298 e. The second kappa shape index (κ2) is 6.42. The molecule has 0 amide bonds. The van der Waals surface area contributed by atoms with Crippen LogP contribution >= 0.6 is 23.2 Å². The van der Waals surface area contributed by atoms with Crippen molar-refractivity contribution in [1.82, 2.24) is 9.55 Å². The zero-order valence-electron chi connectivity index (χ0n) is 12.7. The molecule has 2 aromatic carbocycles. The van der Waals surface area contributed by atoms with E-state index in [1.807, 2.05) is 0 Å². The van der Waals surface area contributed by atoms with Gasteiger partial charge >= 0.3 is 0 Å². The Morgan fingerprint density at radius 3 is 2.68 bits per heavy atom. The Morgan fingerprint density at radius 1 is 1.28 bits per heavy atom. The van der Waals surface area contributed by atoms with Gasteiger partial charge in [0.15, 0.2) is 0 Å². The average Bonchev–Trinajstić information content (AvgIpc) is 2.55. The van der Waals surface area contributed by atoms with Crippen LogP contribution in [0.2, 0.25) is 10.0 Å². The van der Waals surface area contributed by atoms with Gasteiger partial charge in [-0.1, -0.05) is 23.2 Å². The van der Waals surface area contributed by atoms with Crippen LogP contribution in [0.25, 0.3) is 11.0 Å². The van der Waals surface area contributed by atoms with Gasteiger partial charge in [-0.2, -0.15) is 0 Å². The van der Waals surface area contributed by atoms with Crippen molar-refractivity contribution in [1.29, 1.82) is 0 Å². The predicted molar refractivity (Wildman–Crippen MR) is 92.9 cm³/mol. The van der Waals surface area contributed by atoms with Crippen molar-refractivity contribution in [3.63, 3.8) is 0 Å². The van der Waals surface area contributed by atoms with Crippen molar-refractivity contribution in [2.45, 2.75) is 13.0 Å². The van der Waals surface area contributed by atoms with Gasteiger partial charge in [0.1, 0.15) is 10.8 Å². The molecular formula is C16H10Cl2FN3O3. The lowest BCUT2D eigenvalue weighted by Gasteiger charge is -2.19. The SMILES string of the molecule is C[C@@H](c1cc(Cl)ccc1F)n1c(=O)cnc2cc([N+](=O)[O-])c(Cl)cc21. The Bertz CT molecular complexity index is 1070. The van der Waals surface area contributed by atoms with Crippen LogP contribution in [-0.2, 0) is 0 Å². The Balaban J connectivity index is 2.30. The smallest absolute Gasteiger partial charge is 0.290 e. The van der Waals surface area contributed by atoms with Crippen LogP contribution < -0.4 is 5.56 Å². The van der Waals surface area contributed by atoms with E-state index in [2.05, 4.69) is 4.98 Å². The van der Waals surface area contributed by atoms with Gasteiger partial charge in [-0.3, -0.25) is 19.5 Å². The molecule has 9 heteroatoms. The first-order valence-corrected chi connectivity index (χ1v) is 7.85. The third-order valence-corrected chi connectivity index (χ3v) is 4.39. The molecule has 3 aromatic rings. The number of aromatic nitrogens is 2. The van der Waals surface area contributed by atoms with Crippen molar-refractivity contribution in [3.05, 3.63) is 78.4 Å². The summed E-state index contributed by atoms with van der Waals surface area (Å²) in [5.41, 5.74) is -0.158. The molecule has 0 bridgehead atoms. The molecule has 0 aliphatic rings. The van der Waals surface area contributed by atoms with Crippen LogP contribution in [0.3, 0.4) is 0 Å². The van der Waals surface area contributed by atoms with E-state index in [4.69, 9.17) is 23.2 Å². The number of fused-ring (bicyclic) bond motifs is 1. The second-order valence-electron chi connectivity index (χ2n) is 5.36. The predicted octanol–water partition coefficient (Wildman–Crippen LogP) is 4.36. The molecule has 128 valence electrons. The molecule has 0 aliphatic carbocycles. The molecular weight excluding hydrogens is 372 g/mol. The quantitative estimate of drug-likeness (QED) is 0.498. The Kier molecular flexibility index (Phi) is 4.45. The zero-order valence-corrected chi connectivity index (χ0v) is 14.3. The fourth-order valence-electron chi connectivity index (χ4n) is 2.66. The Hall–Kier alpha value is -2.51. The minimum absolute atomic E-state index is 0.141. The fourth-order valence-corrected chi connectivity index (χ4v) is 3.06. The third-order valence-electron chi connectivity index (χ3n) is 3.85. The van der Waals surface area contributed by atoms with E-state index < -0.39 is 22.3 Å². The lowest BCUT2D eigenvalue weighted by atomic mass is 10.1. The van der Waals surface area contributed by atoms with E-state index in [0.717, 1.165) is 6.20 Å². The van der Waals surface area contributed by atoms with Gasteiger partial charge in [-0.05, 0) is 31.2 Å². The summed E-state index contributed by atoms with van der Waals surface area (Å²) >= 11 is 11.9. The Morgan fingerprint density at radius 2 is 2.00 bits per heavy atom. The third kappa shape index (κ3) is 3.08. The van der Waals surface area contributed by atoms with Gasteiger partial charge in [-0.15, -0.1) is 0 Å². The van der Waals surface area contributed by atoms with E-state index >= 15 is 0 Å². The number of nitro benzene ring substituents is 1. The number of rotatable bonds is 3. The molecule has 25 heavy (non-hydrogen) atoms. The minimum atomic E-state index is -0.728. The molecule has 0 aliphatic heterocycles. The highest BCUT2D eigenvalue weighted by atomic mass is 35.5. The van der Waals surface area contributed by atoms with Gasteiger partial charge in [0, 0.05) is 16.7 Å². The molecule has 0 N–H and O–H groups in total. The molecule has 1 aromatic heterocycles. The summed E-state index contributed by atoms with van der Waals surface area (Å²) < 4.78 is 15.5. The van der Waals surface area contributed by atoms with Crippen LogP contribution in [-0.4, -0.2) is 14.5 Å². The molecule has 0 saturated heterocycles. The van der Waals surface area contributed by atoms with Crippen molar-refractivity contribution >= 4 is 39.9 Å². The molecule has 3 rings (SSSR count). The van der Waals surface area contributed by atoms with E-state index in [1.165, 1.54) is 34.9 Å². The van der Waals surface area contributed by atoms with Gasteiger partial charge < -0.3 is 0 Å². The van der Waals surface area contributed by atoms with Crippen molar-refractivity contribution in [2.24, 2.45) is 0 Å². The first-order chi connectivity index (χ1) is 11.8. The van der Waals surface area contributed by atoms with Gasteiger partial charge in [0.05, 0.1) is 28.2 Å². The zero-order chi connectivity index (χ0) is 18.3. The van der Waals surface area contributed by atoms with Crippen molar-refractivity contribution in [3.8, 4) is 0 Å². The highest BCUT2D eigenvalue weighted by molar-refractivity contribution is 6.33. The highest BCUT2D eigenvalue weighted by Crippen LogP contribution is 2.31. The summed E-state index contributed by atoms with van der Waals surface area (Å²) in [5.74, 6) is -0.526. The monoisotopic (exact) mass is 381 g/mol. The standard InChI is InChI=1S/C16H10Cl2FN3O3/c1-8(10-4-9(17)2-3-12(10)19)21-15-5-11(18)14(22(24)25)6-13(15)20-7-16(21)23/h2-8H,1H3/t8-/m0/s1. The van der Waals surface area contributed by atoms with Crippen molar-refractivity contribution in [2.75, 3.05) is 0 Å². The molecule has 0 fully saturated rings. The summed E-state index contributed by atoms with van der Waals surface area (Å²) in [7, 11) is 0. The van der Waals surface area contributed by atoms with Crippen LogP contribution in [0.1, 0.15) is 18.5 Å². The number of hydrogen-bond acceptors (Lipinski definition) is 4. The fraction of sp³-hybridized carbons (Fsp3) is 0.125. The van der Waals surface area contributed by atoms with Crippen LogP contribution in [0.4, 0.5) is 10.1 Å². The van der Waals surface area contributed by atoms with E-state index in [9.17, 15) is 19.3 Å². The summed E-state index contributed by atoms with van der Waals surface area (Å²) in [6.07, 6.45) is 1.03. The first kappa shape index (κ1) is 17.3. The van der Waals surface area contributed by atoms with E-state index in [1.54, 1.807) is 6.92 Å². The maximum absolute atomic E-state index is 14.2. The second-order valence-corrected chi connectivity index (χ2v) is 6.20. The molecule has 0 spiro atoms. The molecule has 0 unspecified atom stereocenters. The average molecular weight is 382 g/mol. The number of nitro groups is 1. The molecule has 0 radical (unpaired) electrons. The Labute approximate surface area is 150 Å². The van der Waals surface area contributed by atoms with Crippen LogP contribution in [0.5, 0.6) is 0 Å². The van der Waals surface area contributed by atoms with Crippen LogP contribution in [0.15, 0.2) is 41.3 Å². The van der Waals surface area contributed by atoms with Gasteiger partial charge in [-0.25, -0.2) is 9.37 Å². The van der Waals surface area contributed by atoms with Crippen LogP contribution in [0, 0.1) is 15.9 Å². The molecule has 1 heterocycles. The lowest BCUT2D eigenvalue weighted by Crippen LogP contribution is -2.25. The number of halogens is 3. The molecule has 1 atom stereocenters. The van der Waals surface area contributed by atoms with Gasteiger partial charge in [0.25, 0.3) is 11.2 Å². The molecule has 6 nitrogen and oxygen atoms in total. The first-order valence-electron chi connectivity index (χ1n) is 7.09. The molecule has 0 saturated carbocycles. The maximum atomic E-state index is 14.2. The maximum Gasteiger partial charge on any atom is 0.290 e. The summed E-state index contributed by atoms with van der Waals surface area (Å²) in [6, 6.07) is 5.76. The van der Waals surface area contributed by atoms with E-state index in [0.29, 0.717) is 5.02 Å². The van der Waals surface area contributed by atoms with E-state index in [-0.39, 0.29) is 27.3 Å². The number of nitrogens with zero attached hydrogens (tertiary/aromatic N) is 3. The normalized spacial score (nSPS) is 12.3. The summed E-state index contributed by atoms with van der Waals surface area (Å²) in [5, 5.41) is 11.2.